The summed E-state index contributed by atoms with van der Waals surface area (Å²) in [6.45, 7) is 2.34. The quantitative estimate of drug-likeness (QED) is 0.599. The van der Waals surface area contributed by atoms with Gasteiger partial charge < -0.3 is 0 Å². The Bertz CT molecular complexity index is 610. The third-order valence-corrected chi connectivity index (χ3v) is 5.04. The van der Waals surface area contributed by atoms with Gasteiger partial charge in [-0.25, -0.2) is 4.39 Å². The van der Waals surface area contributed by atoms with E-state index in [1.165, 1.54) is 37.3 Å². The molecule has 0 radical (unpaired) electrons. The van der Waals surface area contributed by atoms with Gasteiger partial charge in [0.25, 0.3) is 0 Å². The highest BCUT2D eigenvalue weighted by Gasteiger charge is 2.19. The second kappa shape index (κ2) is 6.19. The van der Waals surface area contributed by atoms with Gasteiger partial charge in [0.15, 0.2) is 0 Å². The molecule has 2 heteroatoms. The van der Waals surface area contributed by atoms with E-state index in [-0.39, 0.29) is 10.8 Å². The van der Waals surface area contributed by atoms with Gasteiger partial charge in [0.2, 0.25) is 0 Å². The van der Waals surface area contributed by atoms with Gasteiger partial charge in [0, 0.05) is 5.56 Å². The fourth-order valence-electron chi connectivity index (χ4n) is 3.26. The first-order chi connectivity index (χ1) is 10.1. The largest absolute Gasteiger partial charge is 0.205 e. The lowest BCUT2D eigenvalue weighted by Gasteiger charge is -2.26. The average molecular weight is 303 g/mol. The molecule has 1 aliphatic rings. The monoisotopic (exact) mass is 302 g/mol. The first kappa shape index (κ1) is 14.6. The maximum Gasteiger partial charge on any atom is 0.142 e. The molecule has 0 saturated heterocycles. The molecule has 1 aliphatic carbocycles. The summed E-state index contributed by atoms with van der Waals surface area (Å²) >= 11 is 6.06. The minimum absolute atomic E-state index is 0.205. The minimum Gasteiger partial charge on any atom is -0.205 e. The van der Waals surface area contributed by atoms with Gasteiger partial charge in [-0.05, 0) is 41.9 Å². The van der Waals surface area contributed by atoms with Crippen LogP contribution in [0.2, 0.25) is 5.02 Å². The zero-order chi connectivity index (χ0) is 14.8. The molecule has 0 atom stereocenters. The van der Waals surface area contributed by atoms with Crippen LogP contribution >= 0.6 is 11.6 Å². The van der Waals surface area contributed by atoms with Crippen LogP contribution in [0.1, 0.15) is 44.1 Å². The van der Waals surface area contributed by atoms with E-state index in [4.69, 9.17) is 11.6 Å². The van der Waals surface area contributed by atoms with E-state index in [1.54, 1.807) is 6.07 Å². The van der Waals surface area contributed by atoms with Crippen molar-refractivity contribution in [2.45, 2.75) is 38.5 Å². The van der Waals surface area contributed by atoms with Crippen LogP contribution in [-0.2, 0) is 0 Å². The second-order valence-corrected chi connectivity index (χ2v) is 6.56. The van der Waals surface area contributed by atoms with Crippen molar-refractivity contribution in [3.05, 3.63) is 58.9 Å². The summed E-state index contributed by atoms with van der Waals surface area (Å²) in [7, 11) is 0. The van der Waals surface area contributed by atoms with Gasteiger partial charge in [0.1, 0.15) is 5.82 Å². The van der Waals surface area contributed by atoms with Crippen LogP contribution in [0.3, 0.4) is 0 Å². The smallest absolute Gasteiger partial charge is 0.142 e. The van der Waals surface area contributed by atoms with Crippen molar-refractivity contribution in [2.24, 2.45) is 5.92 Å². The second-order valence-electron chi connectivity index (χ2n) is 6.18. The third-order valence-electron chi connectivity index (χ3n) is 4.66. The highest BCUT2D eigenvalue weighted by atomic mass is 35.5. The molecule has 3 rings (SSSR count). The number of hydrogen-bond donors (Lipinski definition) is 0. The van der Waals surface area contributed by atoms with Crippen molar-refractivity contribution in [2.75, 3.05) is 0 Å². The van der Waals surface area contributed by atoms with E-state index in [1.807, 2.05) is 6.07 Å². The SMILES string of the molecule is CC1CCC(c2ccc(-c3cccc(F)c3Cl)cc2)CC1. The normalized spacial score (nSPS) is 22.2. The lowest BCUT2D eigenvalue weighted by Crippen LogP contribution is -2.10. The van der Waals surface area contributed by atoms with Gasteiger partial charge in [0.05, 0.1) is 5.02 Å². The third kappa shape index (κ3) is 3.13. The molecule has 0 N–H and O–H groups in total. The molecule has 0 aromatic heterocycles. The van der Waals surface area contributed by atoms with E-state index in [2.05, 4.69) is 31.2 Å². The molecule has 2 aromatic carbocycles. The molecule has 2 aromatic rings. The topological polar surface area (TPSA) is 0 Å². The van der Waals surface area contributed by atoms with Crippen molar-refractivity contribution < 1.29 is 4.39 Å². The standard InChI is InChI=1S/C19H20ClF/c1-13-5-7-14(8-6-13)15-9-11-16(12-10-15)17-3-2-4-18(21)19(17)20/h2-4,9-14H,5-8H2,1H3. The lowest BCUT2D eigenvalue weighted by atomic mass is 9.79. The molecule has 110 valence electrons. The molecule has 1 fully saturated rings. The molecule has 0 aliphatic heterocycles. The maximum atomic E-state index is 13.5. The number of hydrogen-bond acceptors (Lipinski definition) is 0. The van der Waals surface area contributed by atoms with Crippen LogP contribution in [0.25, 0.3) is 11.1 Å². The van der Waals surface area contributed by atoms with Crippen molar-refractivity contribution in [1.29, 1.82) is 0 Å². The van der Waals surface area contributed by atoms with E-state index in [9.17, 15) is 4.39 Å². The van der Waals surface area contributed by atoms with Crippen molar-refractivity contribution >= 4 is 11.6 Å². The van der Waals surface area contributed by atoms with Crippen molar-refractivity contribution in [3.8, 4) is 11.1 Å². The number of benzene rings is 2. The van der Waals surface area contributed by atoms with Crippen LogP contribution in [0.4, 0.5) is 4.39 Å². The van der Waals surface area contributed by atoms with E-state index in [0.717, 1.165) is 17.0 Å². The highest BCUT2D eigenvalue weighted by molar-refractivity contribution is 6.33. The zero-order valence-corrected chi connectivity index (χ0v) is 13.0. The first-order valence-electron chi connectivity index (χ1n) is 7.69. The Morgan fingerprint density at radius 2 is 1.62 bits per heavy atom. The highest BCUT2D eigenvalue weighted by Crippen LogP contribution is 2.37. The Hall–Kier alpha value is -1.34. The molecule has 0 heterocycles. The summed E-state index contributed by atoms with van der Waals surface area (Å²) in [5, 5.41) is 0.205. The molecule has 0 unspecified atom stereocenters. The molecular formula is C19H20ClF. The molecule has 0 nitrogen and oxygen atoms in total. The summed E-state index contributed by atoms with van der Waals surface area (Å²) in [5.74, 6) is 1.18. The summed E-state index contributed by atoms with van der Waals surface area (Å²) in [4.78, 5) is 0. The Morgan fingerprint density at radius 3 is 2.29 bits per heavy atom. The Kier molecular flexibility index (Phi) is 4.30. The van der Waals surface area contributed by atoms with Crippen LogP contribution in [0.5, 0.6) is 0 Å². The lowest BCUT2D eigenvalue weighted by molar-refractivity contribution is 0.348. The molecule has 21 heavy (non-hydrogen) atoms. The van der Waals surface area contributed by atoms with Gasteiger partial charge in [-0.2, -0.15) is 0 Å². The predicted molar refractivity (Wildman–Crippen MR) is 87.2 cm³/mol. The van der Waals surface area contributed by atoms with Crippen molar-refractivity contribution in [1.82, 2.24) is 0 Å². The molecule has 0 amide bonds. The molecule has 1 saturated carbocycles. The van der Waals surface area contributed by atoms with Crippen LogP contribution in [0, 0.1) is 11.7 Å². The summed E-state index contributed by atoms with van der Waals surface area (Å²) in [6.07, 6.45) is 5.20. The van der Waals surface area contributed by atoms with Crippen molar-refractivity contribution in [3.63, 3.8) is 0 Å². The molecular weight excluding hydrogens is 283 g/mol. The van der Waals surface area contributed by atoms with Gasteiger partial charge in [-0.1, -0.05) is 67.8 Å². The number of halogens is 2. The first-order valence-corrected chi connectivity index (χ1v) is 8.07. The fraction of sp³-hybridized carbons (Fsp3) is 0.368. The Labute approximate surface area is 131 Å². The van der Waals surface area contributed by atoms with E-state index >= 15 is 0 Å². The number of rotatable bonds is 2. The summed E-state index contributed by atoms with van der Waals surface area (Å²) in [5.41, 5.74) is 3.14. The van der Waals surface area contributed by atoms with Crippen LogP contribution in [0.15, 0.2) is 42.5 Å². The van der Waals surface area contributed by atoms with Crippen LogP contribution < -0.4 is 0 Å². The van der Waals surface area contributed by atoms with Gasteiger partial charge in [-0.15, -0.1) is 0 Å². The fourth-order valence-corrected chi connectivity index (χ4v) is 3.49. The van der Waals surface area contributed by atoms with Gasteiger partial charge in [-0.3, -0.25) is 0 Å². The molecule has 0 spiro atoms. The van der Waals surface area contributed by atoms with Crippen LogP contribution in [-0.4, -0.2) is 0 Å². The molecule has 0 bridgehead atoms. The average Bonchev–Trinajstić information content (AvgIpc) is 2.51. The summed E-state index contributed by atoms with van der Waals surface area (Å²) < 4.78 is 13.5. The minimum atomic E-state index is -0.362. The summed E-state index contributed by atoms with van der Waals surface area (Å²) in [6, 6.07) is 13.4. The van der Waals surface area contributed by atoms with E-state index in [0.29, 0.717) is 5.92 Å². The van der Waals surface area contributed by atoms with Gasteiger partial charge >= 0.3 is 0 Å². The Balaban J connectivity index is 1.82. The zero-order valence-electron chi connectivity index (χ0n) is 12.3. The maximum absolute atomic E-state index is 13.5. The van der Waals surface area contributed by atoms with E-state index < -0.39 is 0 Å². The Morgan fingerprint density at radius 1 is 0.952 bits per heavy atom. The predicted octanol–water partition coefficient (Wildman–Crippen LogP) is 6.44.